The van der Waals surface area contributed by atoms with Gasteiger partial charge in [0.25, 0.3) is 0 Å². The molecule has 0 unspecified atom stereocenters. The summed E-state index contributed by atoms with van der Waals surface area (Å²) in [6, 6.07) is 8.33. The third-order valence-electron chi connectivity index (χ3n) is 3.58. The first kappa shape index (κ1) is 13.9. The molecule has 0 saturated heterocycles. The second-order valence-corrected chi connectivity index (χ2v) is 5.34. The van der Waals surface area contributed by atoms with Gasteiger partial charge in [-0.05, 0) is 45.4 Å². The predicted octanol–water partition coefficient (Wildman–Crippen LogP) is 3.86. The van der Waals surface area contributed by atoms with E-state index < -0.39 is 0 Å². The first-order valence-electron chi connectivity index (χ1n) is 6.83. The van der Waals surface area contributed by atoms with E-state index in [1.54, 1.807) is 7.11 Å². The highest BCUT2D eigenvalue weighted by atomic mass is 16.5. The Balaban J connectivity index is 2.23. The number of aromatic nitrogens is 1. The van der Waals surface area contributed by atoms with Gasteiger partial charge in [-0.2, -0.15) is 0 Å². The summed E-state index contributed by atoms with van der Waals surface area (Å²) in [4.78, 5) is 0. The summed E-state index contributed by atoms with van der Waals surface area (Å²) < 4.78 is 13.4. The van der Waals surface area contributed by atoms with Crippen LogP contribution in [-0.2, 0) is 11.3 Å². The van der Waals surface area contributed by atoms with Gasteiger partial charge in [0.05, 0.1) is 17.7 Å². The average molecular weight is 261 g/mol. The maximum absolute atomic E-state index is 5.66. The number of fused-ring (bicyclic) bond motifs is 1. The minimum atomic E-state index is -0.0892. The quantitative estimate of drug-likeness (QED) is 0.788. The second kappa shape index (κ2) is 5.66. The molecule has 0 bridgehead atoms. The number of nitrogens with zero attached hydrogens (tertiary/aromatic N) is 1. The van der Waals surface area contributed by atoms with Crippen LogP contribution in [0, 0.1) is 0 Å². The zero-order chi connectivity index (χ0) is 13.9. The Labute approximate surface area is 115 Å². The smallest absolute Gasteiger partial charge is 0.128 e. The Morgan fingerprint density at radius 2 is 2.00 bits per heavy atom. The van der Waals surface area contributed by atoms with E-state index in [0.29, 0.717) is 6.61 Å². The van der Waals surface area contributed by atoms with Gasteiger partial charge in [-0.25, -0.2) is 0 Å². The lowest BCUT2D eigenvalue weighted by Gasteiger charge is -2.23. The molecule has 104 valence electrons. The van der Waals surface area contributed by atoms with Crippen molar-refractivity contribution >= 4 is 10.9 Å². The fourth-order valence-electron chi connectivity index (χ4n) is 2.16. The fraction of sp³-hybridized carbons (Fsp3) is 0.500. The number of ether oxygens (including phenoxy) is 2. The van der Waals surface area contributed by atoms with E-state index in [0.717, 1.165) is 18.7 Å². The summed E-state index contributed by atoms with van der Waals surface area (Å²) in [5, 5.41) is 1.18. The van der Waals surface area contributed by atoms with Gasteiger partial charge in [-0.1, -0.05) is 6.07 Å². The van der Waals surface area contributed by atoms with Gasteiger partial charge >= 0.3 is 0 Å². The fourth-order valence-corrected chi connectivity index (χ4v) is 2.16. The standard InChI is InChI=1S/C16H23NO2/c1-5-19-15-8-6-7-14-13(15)9-11-17(14)12-10-16(2,3)18-4/h6-9,11H,5,10,12H2,1-4H3. The normalized spacial score (nSPS) is 12.0. The van der Waals surface area contributed by atoms with Gasteiger partial charge in [0.1, 0.15) is 5.75 Å². The molecule has 1 aromatic heterocycles. The zero-order valence-electron chi connectivity index (χ0n) is 12.3. The molecule has 0 fully saturated rings. The Bertz CT molecular complexity index is 543. The highest BCUT2D eigenvalue weighted by Crippen LogP contribution is 2.27. The Hall–Kier alpha value is -1.48. The third kappa shape index (κ3) is 3.10. The van der Waals surface area contributed by atoms with E-state index in [-0.39, 0.29) is 5.60 Å². The molecule has 2 aromatic rings. The van der Waals surface area contributed by atoms with Crippen molar-refractivity contribution in [3.05, 3.63) is 30.5 Å². The molecule has 3 heteroatoms. The lowest BCUT2D eigenvalue weighted by molar-refractivity contribution is 0.0123. The molecule has 0 radical (unpaired) electrons. The number of rotatable bonds is 6. The summed E-state index contributed by atoms with van der Waals surface area (Å²) >= 11 is 0. The number of hydrogen-bond acceptors (Lipinski definition) is 2. The van der Waals surface area contributed by atoms with Crippen molar-refractivity contribution in [3.63, 3.8) is 0 Å². The summed E-state index contributed by atoms with van der Waals surface area (Å²) in [5.74, 6) is 0.963. The Morgan fingerprint density at radius 1 is 1.21 bits per heavy atom. The second-order valence-electron chi connectivity index (χ2n) is 5.34. The van der Waals surface area contributed by atoms with Gasteiger partial charge in [0, 0.05) is 25.2 Å². The van der Waals surface area contributed by atoms with Crippen molar-refractivity contribution in [1.82, 2.24) is 4.57 Å². The minimum Gasteiger partial charge on any atom is -0.493 e. The molecular formula is C16H23NO2. The first-order valence-corrected chi connectivity index (χ1v) is 6.83. The van der Waals surface area contributed by atoms with Crippen LogP contribution < -0.4 is 4.74 Å². The molecule has 1 heterocycles. The Kier molecular flexibility index (Phi) is 4.15. The van der Waals surface area contributed by atoms with Crippen molar-refractivity contribution < 1.29 is 9.47 Å². The molecule has 1 aromatic carbocycles. The molecule has 0 N–H and O–H groups in total. The van der Waals surface area contributed by atoms with E-state index in [1.807, 2.05) is 19.1 Å². The number of methoxy groups -OCH3 is 1. The summed E-state index contributed by atoms with van der Waals surface area (Å²) in [7, 11) is 1.76. The molecular weight excluding hydrogens is 238 g/mol. The molecule has 0 saturated carbocycles. The molecule has 3 nitrogen and oxygen atoms in total. The SMILES string of the molecule is CCOc1cccc2c1ccn2CCC(C)(C)OC. The van der Waals surface area contributed by atoms with Gasteiger partial charge < -0.3 is 14.0 Å². The van der Waals surface area contributed by atoms with E-state index in [2.05, 4.69) is 36.7 Å². The van der Waals surface area contributed by atoms with Crippen LogP contribution in [0.5, 0.6) is 5.75 Å². The highest BCUT2D eigenvalue weighted by Gasteiger charge is 2.16. The van der Waals surface area contributed by atoms with Crippen LogP contribution >= 0.6 is 0 Å². The van der Waals surface area contributed by atoms with Crippen LogP contribution in [-0.4, -0.2) is 23.9 Å². The molecule has 0 aliphatic carbocycles. The average Bonchev–Trinajstić information content (AvgIpc) is 2.81. The topological polar surface area (TPSA) is 23.4 Å². The molecule has 0 spiro atoms. The summed E-state index contributed by atoms with van der Waals surface area (Å²) in [6.45, 7) is 7.88. The van der Waals surface area contributed by atoms with Gasteiger partial charge in [-0.3, -0.25) is 0 Å². The lowest BCUT2D eigenvalue weighted by Crippen LogP contribution is -2.24. The van der Waals surface area contributed by atoms with Crippen LogP contribution in [0.2, 0.25) is 0 Å². The Morgan fingerprint density at radius 3 is 2.68 bits per heavy atom. The summed E-state index contributed by atoms with van der Waals surface area (Å²) in [5.41, 5.74) is 1.13. The summed E-state index contributed by atoms with van der Waals surface area (Å²) in [6.07, 6.45) is 3.10. The molecule has 2 rings (SSSR count). The van der Waals surface area contributed by atoms with Crippen LogP contribution in [0.1, 0.15) is 27.2 Å². The maximum Gasteiger partial charge on any atom is 0.128 e. The van der Waals surface area contributed by atoms with Crippen molar-refractivity contribution in [2.75, 3.05) is 13.7 Å². The predicted molar refractivity (Wildman–Crippen MR) is 78.8 cm³/mol. The van der Waals surface area contributed by atoms with Crippen molar-refractivity contribution in [2.45, 2.75) is 39.3 Å². The van der Waals surface area contributed by atoms with Gasteiger partial charge in [0.2, 0.25) is 0 Å². The number of aryl methyl sites for hydroxylation is 1. The van der Waals surface area contributed by atoms with E-state index in [4.69, 9.17) is 9.47 Å². The van der Waals surface area contributed by atoms with Crippen LogP contribution in [0.4, 0.5) is 0 Å². The number of benzene rings is 1. The zero-order valence-corrected chi connectivity index (χ0v) is 12.3. The van der Waals surface area contributed by atoms with Crippen LogP contribution in [0.3, 0.4) is 0 Å². The molecule has 19 heavy (non-hydrogen) atoms. The maximum atomic E-state index is 5.66. The van der Waals surface area contributed by atoms with Gasteiger partial charge in [-0.15, -0.1) is 0 Å². The monoisotopic (exact) mass is 261 g/mol. The number of hydrogen-bond donors (Lipinski definition) is 0. The largest absolute Gasteiger partial charge is 0.493 e. The van der Waals surface area contributed by atoms with Crippen molar-refractivity contribution in [1.29, 1.82) is 0 Å². The minimum absolute atomic E-state index is 0.0892. The molecule has 0 aliphatic rings. The van der Waals surface area contributed by atoms with Crippen molar-refractivity contribution in [3.8, 4) is 5.75 Å². The van der Waals surface area contributed by atoms with Crippen LogP contribution in [0.15, 0.2) is 30.5 Å². The highest BCUT2D eigenvalue weighted by molar-refractivity contribution is 5.86. The molecule has 0 aliphatic heterocycles. The molecule has 0 atom stereocenters. The van der Waals surface area contributed by atoms with E-state index in [9.17, 15) is 0 Å². The first-order chi connectivity index (χ1) is 9.07. The third-order valence-corrected chi connectivity index (χ3v) is 3.58. The van der Waals surface area contributed by atoms with E-state index >= 15 is 0 Å². The van der Waals surface area contributed by atoms with Crippen molar-refractivity contribution in [2.24, 2.45) is 0 Å². The van der Waals surface area contributed by atoms with Gasteiger partial charge in [0.15, 0.2) is 0 Å². The van der Waals surface area contributed by atoms with Crippen LogP contribution in [0.25, 0.3) is 10.9 Å². The lowest BCUT2D eigenvalue weighted by atomic mass is 10.1. The van der Waals surface area contributed by atoms with E-state index in [1.165, 1.54) is 10.9 Å². The molecule has 0 amide bonds.